The summed E-state index contributed by atoms with van der Waals surface area (Å²) in [5.41, 5.74) is 0.896. The zero-order valence-corrected chi connectivity index (χ0v) is 25.6. The summed E-state index contributed by atoms with van der Waals surface area (Å²) in [6, 6.07) is 9.38. The predicted molar refractivity (Wildman–Crippen MR) is 156 cm³/mol. The molecule has 1 amide bonds. The molecule has 0 spiro atoms. The molecule has 3 N–H and O–H groups in total. The van der Waals surface area contributed by atoms with Gasteiger partial charge in [-0.15, -0.1) is 0 Å². The number of nitrogens with one attached hydrogen (secondary N) is 2. The minimum Gasteiger partial charge on any atom is -0.480 e. The number of halogens is 1. The Morgan fingerprint density at radius 1 is 1.19 bits per heavy atom. The summed E-state index contributed by atoms with van der Waals surface area (Å²) in [5.74, 6) is -1.13. The Balaban J connectivity index is 1.47. The first-order chi connectivity index (χ1) is 20.1. The Kier molecular flexibility index (Phi) is 9.52. The molecular formula is C29H37FN5O7S+. The van der Waals surface area contributed by atoms with Crippen LogP contribution in [-0.4, -0.2) is 59.8 Å². The number of rotatable bonds is 9. The molecule has 1 fully saturated rings. The SMILES string of the molecule is CC1CCN(S(=O)(=O)NC(Cc2ccc(-c3noc(-c4ccc(NC(=O)OC(C)(C)C)cc4)[n+]3C)c(F)c2)C(=O)O)CC1. The van der Waals surface area contributed by atoms with E-state index in [2.05, 4.69) is 15.2 Å². The van der Waals surface area contributed by atoms with Crippen LogP contribution in [0.3, 0.4) is 0 Å². The Bertz CT molecular complexity index is 1580. The number of aliphatic carboxylic acids is 1. The van der Waals surface area contributed by atoms with E-state index < -0.39 is 39.7 Å². The maximum Gasteiger partial charge on any atom is 0.412 e. The highest BCUT2D eigenvalue weighted by atomic mass is 32.2. The second kappa shape index (κ2) is 12.8. The zero-order chi connectivity index (χ0) is 31.5. The van der Waals surface area contributed by atoms with Crippen LogP contribution in [0.4, 0.5) is 14.9 Å². The summed E-state index contributed by atoms with van der Waals surface area (Å²) in [5, 5.41) is 16.4. The monoisotopic (exact) mass is 618 g/mol. The fraction of sp³-hybridized carbons (Fsp3) is 0.448. The van der Waals surface area contributed by atoms with Gasteiger partial charge in [-0.1, -0.05) is 13.0 Å². The third kappa shape index (κ3) is 8.15. The van der Waals surface area contributed by atoms with E-state index in [1.807, 2.05) is 6.92 Å². The van der Waals surface area contributed by atoms with E-state index in [1.165, 1.54) is 16.4 Å². The van der Waals surface area contributed by atoms with Crippen LogP contribution in [0.15, 0.2) is 47.0 Å². The minimum absolute atomic E-state index is 0.111. The first-order valence-corrected chi connectivity index (χ1v) is 15.3. The number of carbonyl (C=O) groups excluding carboxylic acids is 1. The summed E-state index contributed by atoms with van der Waals surface area (Å²) in [4.78, 5) is 23.9. The van der Waals surface area contributed by atoms with Crippen LogP contribution in [0.1, 0.15) is 46.1 Å². The number of carbonyl (C=O) groups is 2. The molecule has 0 bridgehead atoms. The van der Waals surface area contributed by atoms with E-state index in [4.69, 9.17) is 9.26 Å². The van der Waals surface area contributed by atoms with Crippen molar-refractivity contribution >= 4 is 28.0 Å². The van der Waals surface area contributed by atoms with Crippen molar-refractivity contribution in [3.8, 4) is 22.8 Å². The van der Waals surface area contributed by atoms with Crippen LogP contribution in [0.2, 0.25) is 0 Å². The summed E-state index contributed by atoms with van der Waals surface area (Å²) in [7, 11) is -2.37. The first kappa shape index (κ1) is 32.0. The maximum atomic E-state index is 15.3. The van der Waals surface area contributed by atoms with Crippen molar-refractivity contribution in [2.75, 3.05) is 18.4 Å². The summed E-state index contributed by atoms with van der Waals surface area (Å²) < 4.78 is 56.7. The highest BCUT2D eigenvalue weighted by molar-refractivity contribution is 7.87. The van der Waals surface area contributed by atoms with E-state index in [0.29, 0.717) is 54.6 Å². The molecule has 2 aromatic carbocycles. The number of carboxylic acids is 1. The number of anilines is 1. The zero-order valence-electron chi connectivity index (χ0n) is 24.8. The smallest absolute Gasteiger partial charge is 0.412 e. The van der Waals surface area contributed by atoms with E-state index in [-0.39, 0.29) is 17.8 Å². The number of amides is 1. The molecule has 43 heavy (non-hydrogen) atoms. The van der Waals surface area contributed by atoms with E-state index >= 15 is 4.39 Å². The van der Waals surface area contributed by atoms with Crippen molar-refractivity contribution in [2.45, 2.75) is 58.6 Å². The van der Waals surface area contributed by atoms with E-state index in [1.54, 1.807) is 56.7 Å². The van der Waals surface area contributed by atoms with Gasteiger partial charge in [0, 0.05) is 18.8 Å². The fourth-order valence-electron chi connectivity index (χ4n) is 4.66. The van der Waals surface area contributed by atoms with Gasteiger partial charge in [0.25, 0.3) is 10.2 Å². The summed E-state index contributed by atoms with van der Waals surface area (Å²) in [6.45, 7) is 7.97. The number of benzene rings is 2. The lowest BCUT2D eigenvalue weighted by Crippen LogP contribution is -2.51. The molecule has 1 aliphatic rings. The fourth-order valence-corrected chi connectivity index (χ4v) is 6.04. The lowest BCUT2D eigenvalue weighted by molar-refractivity contribution is -0.652. The van der Waals surface area contributed by atoms with Crippen LogP contribution in [-0.2, 0) is 33.2 Å². The first-order valence-electron chi connectivity index (χ1n) is 13.9. The normalized spacial score (nSPS) is 15.7. The van der Waals surface area contributed by atoms with Gasteiger partial charge in [0.15, 0.2) is 5.16 Å². The van der Waals surface area contributed by atoms with Gasteiger partial charge in [0.2, 0.25) is 0 Å². The van der Waals surface area contributed by atoms with Gasteiger partial charge in [-0.2, -0.15) is 22.0 Å². The topological polar surface area (TPSA) is 155 Å². The number of nitrogens with zero attached hydrogens (tertiary/aromatic N) is 3. The molecule has 1 aromatic heterocycles. The largest absolute Gasteiger partial charge is 0.480 e. The Labute approximate surface area is 250 Å². The maximum absolute atomic E-state index is 15.3. The van der Waals surface area contributed by atoms with Gasteiger partial charge in [-0.25, -0.2) is 13.7 Å². The number of aromatic nitrogens is 2. The van der Waals surface area contributed by atoms with Crippen molar-refractivity contribution in [3.63, 3.8) is 0 Å². The molecule has 1 saturated heterocycles. The Morgan fingerprint density at radius 3 is 2.42 bits per heavy atom. The van der Waals surface area contributed by atoms with Gasteiger partial charge in [0.1, 0.15) is 23.0 Å². The molecular weight excluding hydrogens is 581 g/mol. The molecule has 0 aliphatic carbocycles. The predicted octanol–water partition coefficient (Wildman–Crippen LogP) is 3.88. The molecule has 232 valence electrons. The third-order valence-corrected chi connectivity index (χ3v) is 8.63. The minimum atomic E-state index is -4.02. The molecule has 1 atom stereocenters. The molecule has 2 heterocycles. The Morgan fingerprint density at radius 2 is 1.84 bits per heavy atom. The van der Waals surface area contributed by atoms with Crippen molar-refractivity contribution < 1.29 is 41.3 Å². The van der Waals surface area contributed by atoms with Crippen LogP contribution in [0, 0.1) is 11.7 Å². The number of hydrogen-bond acceptors (Lipinski definition) is 7. The van der Waals surface area contributed by atoms with E-state index in [9.17, 15) is 23.1 Å². The molecule has 0 radical (unpaired) electrons. The standard InChI is InChI=1S/C29H36FN5O7S/c1-18-12-14-35(15-13-18)43(39,40)33-24(27(36)37)17-19-6-11-22(23(30)16-19)25-32-42-26(34(25)5)20-7-9-21(10-8-20)31-28(38)41-29(2,3)4/h6-11,16,18,24,33H,12-15,17H2,1-5H3,(H,36,37)/p+1. The summed E-state index contributed by atoms with van der Waals surface area (Å²) >= 11 is 0. The number of ether oxygens (including phenoxy) is 1. The number of hydrogen-bond donors (Lipinski definition) is 3. The number of piperidine rings is 1. The molecule has 1 aliphatic heterocycles. The molecule has 1 unspecified atom stereocenters. The third-order valence-electron chi connectivity index (χ3n) is 7.00. The molecule has 14 heteroatoms. The molecule has 3 aromatic rings. The van der Waals surface area contributed by atoms with Crippen molar-refractivity contribution in [1.29, 1.82) is 0 Å². The highest BCUT2D eigenvalue weighted by Gasteiger charge is 2.32. The molecule has 12 nitrogen and oxygen atoms in total. The van der Waals surface area contributed by atoms with Crippen molar-refractivity contribution in [2.24, 2.45) is 13.0 Å². The van der Waals surface area contributed by atoms with Crippen LogP contribution >= 0.6 is 0 Å². The second-order valence-corrected chi connectivity index (χ2v) is 13.4. The van der Waals surface area contributed by atoms with Gasteiger partial charge in [0.05, 0.1) is 12.6 Å². The Hall–Kier alpha value is -3.88. The average molecular weight is 619 g/mol. The van der Waals surface area contributed by atoms with Crippen LogP contribution in [0.25, 0.3) is 22.8 Å². The van der Waals surface area contributed by atoms with Crippen molar-refractivity contribution in [3.05, 3.63) is 53.8 Å². The van der Waals surface area contributed by atoms with Crippen LogP contribution < -0.4 is 14.6 Å². The lowest BCUT2D eigenvalue weighted by atomic mass is 10.0. The number of carboxylic acid groups (broad SMARTS) is 1. The van der Waals surface area contributed by atoms with Crippen molar-refractivity contribution in [1.82, 2.24) is 14.2 Å². The van der Waals surface area contributed by atoms with Crippen LogP contribution in [0.5, 0.6) is 0 Å². The highest BCUT2D eigenvalue weighted by Crippen LogP contribution is 2.25. The lowest BCUT2D eigenvalue weighted by Gasteiger charge is -2.30. The molecule has 4 rings (SSSR count). The van der Waals surface area contributed by atoms with Gasteiger partial charge < -0.3 is 9.84 Å². The van der Waals surface area contributed by atoms with Gasteiger partial charge in [-0.3, -0.25) is 10.1 Å². The van der Waals surface area contributed by atoms with E-state index in [0.717, 1.165) is 6.07 Å². The average Bonchev–Trinajstić information content (AvgIpc) is 3.28. The second-order valence-electron chi connectivity index (χ2n) is 11.7. The summed E-state index contributed by atoms with van der Waals surface area (Å²) in [6.07, 6.45) is 0.553. The molecule has 0 saturated carbocycles. The van der Waals surface area contributed by atoms with Gasteiger partial charge >= 0.3 is 23.8 Å². The quantitative estimate of drug-likeness (QED) is 0.305. The van der Waals surface area contributed by atoms with Gasteiger partial charge in [-0.05, 0) is 87.9 Å².